The molecule has 4 fully saturated rings. The van der Waals surface area contributed by atoms with Crippen LogP contribution in [0.1, 0.15) is 85.5 Å². The van der Waals surface area contributed by atoms with Crippen molar-refractivity contribution in [3.05, 3.63) is 0 Å². The second-order valence-corrected chi connectivity index (χ2v) is 12.8. The van der Waals surface area contributed by atoms with Crippen molar-refractivity contribution in [1.82, 2.24) is 0 Å². The molecule has 4 aliphatic carbocycles. The van der Waals surface area contributed by atoms with E-state index in [4.69, 9.17) is 0 Å². The molecule has 186 valence electrons. The van der Waals surface area contributed by atoms with E-state index >= 15 is 0 Å². The fourth-order valence-corrected chi connectivity index (χ4v) is 9.17. The van der Waals surface area contributed by atoms with Crippen LogP contribution in [0, 0.1) is 52.3 Å². The zero-order valence-corrected chi connectivity index (χ0v) is 20.7. The number of fused-ring (bicyclic) bond motifs is 5. The van der Waals surface area contributed by atoms with Crippen LogP contribution >= 0.6 is 0 Å². The lowest BCUT2D eigenvalue weighted by molar-refractivity contribution is -0.207. The third kappa shape index (κ3) is 3.88. The predicted octanol–water partition coefficient (Wildman–Crippen LogP) is 3.35. The van der Waals surface area contributed by atoms with Gasteiger partial charge in [0.2, 0.25) is 0 Å². The van der Waals surface area contributed by atoms with Gasteiger partial charge in [0.05, 0.1) is 24.4 Å². The topological polar surface area (TPSA) is 101 Å². The Labute approximate surface area is 194 Å². The highest BCUT2D eigenvalue weighted by molar-refractivity contribution is 5.14. The zero-order valence-electron chi connectivity index (χ0n) is 20.7. The molecule has 0 heterocycles. The Morgan fingerprint density at radius 1 is 0.906 bits per heavy atom. The van der Waals surface area contributed by atoms with Crippen molar-refractivity contribution in [3.63, 3.8) is 0 Å². The molecule has 0 amide bonds. The lowest BCUT2D eigenvalue weighted by atomic mass is 9.43. The first-order valence-corrected chi connectivity index (χ1v) is 13.4. The van der Waals surface area contributed by atoms with E-state index in [0.717, 1.165) is 51.4 Å². The molecule has 0 aromatic carbocycles. The van der Waals surface area contributed by atoms with E-state index in [0.29, 0.717) is 36.0 Å². The number of rotatable bonds is 6. The smallest absolute Gasteiger partial charge is 0.0602 e. The van der Waals surface area contributed by atoms with Crippen LogP contribution in [0.5, 0.6) is 0 Å². The Kier molecular flexibility index (Phi) is 7.09. The van der Waals surface area contributed by atoms with Crippen molar-refractivity contribution in [2.45, 2.75) is 110 Å². The molecule has 5 heteroatoms. The van der Waals surface area contributed by atoms with Crippen LogP contribution in [0.2, 0.25) is 0 Å². The Hall–Kier alpha value is -0.200. The predicted molar refractivity (Wildman–Crippen MR) is 125 cm³/mol. The van der Waals surface area contributed by atoms with Crippen molar-refractivity contribution in [1.29, 1.82) is 0 Å². The summed E-state index contributed by atoms with van der Waals surface area (Å²) >= 11 is 0. The van der Waals surface area contributed by atoms with Crippen LogP contribution in [0.15, 0.2) is 0 Å². The van der Waals surface area contributed by atoms with Gasteiger partial charge in [0.15, 0.2) is 0 Å². The third-order valence-electron chi connectivity index (χ3n) is 11.4. The summed E-state index contributed by atoms with van der Waals surface area (Å²) in [6.45, 7) is 8.82. The first-order chi connectivity index (χ1) is 15.0. The second-order valence-electron chi connectivity index (χ2n) is 12.8. The quantitative estimate of drug-likeness (QED) is 0.425. The minimum Gasteiger partial charge on any atom is -0.396 e. The molecular formula is C27H48O5. The largest absolute Gasteiger partial charge is 0.396 e. The SMILES string of the molecule is C[C@H](CC[C@@H](O)[C@@H](C)CO)[C@H]1CC[C@H]2[C@@H]3[C@H](O)C[C@@H]4C[C@H](O)CC[C@]4(C)[C@H]3C[C@H](O)[C@]12C. The minimum absolute atomic E-state index is 0.00915. The molecule has 0 unspecified atom stereocenters. The van der Waals surface area contributed by atoms with Crippen molar-refractivity contribution >= 4 is 0 Å². The normalized spacial score (nSPS) is 51.3. The molecule has 0 spiro atoms. The first kappa shape index (κ1) is 24.9. The standard InChI is InChI=1S/C27H48O5/c1-15(5-8-22(30)16(2)14-28)19-6-7-20-25-21(13-24(32)27(19,20)4)26(3)10-9-18(29)11-17(26)12-23(25)31/h15-25,28-32H,5-14H2,1-4H3/t15-,16+,17+,18-,19-,20+,21+,22-,23-,24+,25+,26+,27-/m1/s1. The fraction of sp³-hybridized carbons (Fsp3) is 1.00. The van der Waals surface area contributed by atoms with E-state index in [2.05, 4.69) is 20.8 Å². The molecule has 4 saturated carbocycles. The maximum absolute atomic E-state index is 11.6. The summed E-state index contributed by atoms with van der Waals surface area (Å²) in [4.78, 5) is 0. The molecule has 32 heavy (non-hydrogen) atoms. The van der Waals surface area contributed by atoms with E-state index < -0.39 is 6.10 Å². The van der Waals surface area contributed by atoms with E-state index in [1.165, 1.54) is 0 Å². The maximum Gasteiger partial charge on any atom is 0.0602 e. The van der Waals surface area contributed by atoms with Gasteiger partial charge < -0.3 is 25.5 Å². The molecular weight excluding hydrogens is 404 g/mol. The zero-order chi connectivity index (χ0) is 23.4. The highest BCUT2D eigenvalue weighted by Crippen LogP contribution is 2.68. The van der Waals surface area contributed by atoms with Gasteiger partial charge in [-0.3, -0.25) is 0 Å². The van der Waals surface area contributed by atoms with Gasteiger partial charge in [-0.1, -0.05) is 27.7 Å². The molecule has 13 atom stereocenters. The summed E-state index contributed by atoms with van der Waals surface area (Å²) in [7, 11) is 0. The van der Waals surface area contributed by atoms with Crippen molar-refractivity contribution in [2.24, 2.45) is 52.3 Å². The van der Waals surface area contributed by atoms with Crippen LogP contribution in [-0.4, -0.2) is 56.6 Å². The maximum atomic E-state index is 11.6. The lowest BCUT2D eigenvalue weighted by Gasteiger charge is -2.63. The summed E-state index contributed by atoms with van der Waals surface area (Å²) in [6, 6.07) is 0. The Balaban J connectivity index is 1.53. The second kappa shape index (κ2) is 9.11. The average molecular weight is 453 g/mol. The number of aliphatic hydroxyl groups excluding tert-OH is 5. The summed E-state index contributed by atoms with van der Waals surface area (Å²) < 4.78 is 0. The molecule has 5 N–H and O–H groups in total. The highest BCUT2D eigenvalue weighted by Gasteiger charge is 2.65. The molecule has 4 rings (SSSR count). The van der Waals surface area contributed by atoms with E-state index in [1.54, 1.807) is 0 Å². The molecule has 0 aliphatic heterocycles. The summed E-state index contributed by atoms with van der Waals surface area (Å²) in [5.41, 5.74) is -0.0772. The Morgan fingerprint density at radius 3 is 2.31 bits per heavy atom. The third-order valence-corrected chi connectivity index (χ3v) is 11.4. The lowest BCUT2D eigenvalue weighted by Crippen LogP contribution is -2.62. The average Bonchev–Trinajstić information content (AvgIpc) is 3.11. The Morgan fingerprint density at radius 2 is 1.62 bits per heavy atom. The van der Waals surface area contributed by atoms with Crippen LogP contribution in [0.4, 0.5) is 0 Å². The van der Waals surface area contributed by atoms with E-state index in [-0.39, 0.29) is 47.6 Å². The van der Waals surface area contributed by atoms with Crippen LogP contribution in [0.3, 0.4) is 0 Å². The van der Waals surface area contributed by atoms with E-state index in [1.807, 2.05) is 6.92 Å². The van der Waals surface area contributed by atoms with Crippen LogP contribution < -0.4 is 0 Å². The van der Waals surface area contributed by atoms with Gasteiger partial charge in [0.1, 0.15) is 0 Å². The van der Waals surface area contributed by atoms with Gasteiger partial charge in [0, 0.05) is 12.5 Å². The van der Waals surface area contributed by atoms with Gasteiger partial charge in [-0.15, -0.1) is 0 Å². The number of hydrogen-bond donors (Lipinski definition) is 5. The van der Waals surface area contributed by atoms with Crippen molar-refractivity contribution < 1.29 is 25.5 Å². The Bertz CT molecular complexity index is 656. The fourth-order valence-electron chi connectivity index (χ4n) is 9.17. The molecule has 0 saturated heterocycles. The summed E-state index contributed by atoms with van der Waals surface area (Å²) in [5.74, 6) is 1.96. The van der Waals surface area contributed by atoms with Gasteiger partial charge in [0.25, 0.3) is 0 Å². The van der Waals surface area contributed by atoms with Crippen LogP contribution in [-0.2, 0) is 0 Å². The minimum atomic E-state index is -0.480. The molecule has 0 aromatic rings. The highest BCUT2D eigenvalue weighted by atomic mass is 16.3. The monoisotopic (exact) mass is 452 g/mol. The first-order valence-electron chi connectivity index (χ1n) is 13.4. The van der Waals surface area contributed by atoms with Crippen LogP contribution in [0.25, 0.3) is 0 Å². The summed E-state index contributed by atoms with van der Waals surface area (Å²) in [5, 5.41) is 52.9. The molecule has 0 bridgehead atoms. The van der Waals surface area contributed by atoms with Gasteiger partial charge in [-0.2, -0.15) is 0 Å². The molecule has 0 aromatic heterocycles. The molecule has 0 radical (unpaired) electrons. The van der Waals surface area contributed by atoms with E-state index in [9.17, 15) is 25.5 Å². The van der Waals surface area contributed by atoms with Gasteiger partial charge in [-0.25, -0.2) is 0 Å². The van der Waals surface area contributed by atoms with Gasteiger partial charge >= 0.3 is 0 Å². The molecule has 4 aliphatic rings. The number of aliphatic hydroxyl groups is 5. The molecule has 5 nitrogen and oxygen atoms in total. The van der Waals surface area contributed by atoms with Gasteiger partial charge in [-0.05, 0) is 104 Å². The van der Waals surface area contributed by atoms with Crippen molar-refractivity contribution in [2.75, 3.05) is 6.61 Å². The van der Waals surface area contributed by atoms with Crippen molar-refractivity contribution in [3.8, 4) is 0 Å². The number of hydrogen-bond acceptors (Lipinski definition) is 5. The summed E-state index contributed by atoms with van der Waals surface area (Å²) in [6.07, 6.45) is 6.54.